The third kappa shape index (κ3) is 4.43. The van der Waals surface area contributed by atoms with Gasteiger partial charge in [-0.1, -0.05) is 13.3 Å². The Balaban J connectivity index is 1.98. The van der Waals surface area contributed by atoms with E-state index in [4.69, 9.17) is 5.11 Å². The second-order valence-electron chi connectivity index (χ2n) is 5.98. The number of hydrogen-bond acceptors (Lipinski definition) is 4. The summed E-state index contributed by atoms with van der Waals surface area (Å²) in [6.45, 7) is 2.73. The predicted octanol–water partition coefficient (Wildman–Crippen LogP) is 2.07. The van der Waals surface area contributed by atoms with E-state index in [0.29, 0.717) is 37.1 Å². The van der Waals surface area contributed by atoms with Crippen LogP contribution in [0.4, 0.5) is 0 Å². The highest BCUT2D eigenvalue weighted by Crippen LogP contribution is 2.24. The van der Waals surface area contributed by atoms with Crippen molar-refractivity contribution in [3.05, 3.63) is 34.9 Å². The molecule has 25 heavy (non-hydrogen) atoms. The monoisotopic (exact) mass is 346 g/mol. The summed E-state index contributed by atoms with van der Waals surface area (Å²) in [6, 6.07) is 4.49. The zero-order chi connectivity index (χ0) is 18.4. The number of carbonyl (C=O) groups excluding carboxylic acids is 3. The van der Waals surface area contributed by atoms with E-state index in [9.17, 15) is 19.2 Å². The van der Waals surface area contributed by atoms with Crippen LogP contribution in [0.3, 0.4) is 0 Å². The number of rotatable bonds is 9. The third-order valence-corrected chi connectivity index (χ3v) is 4.07. The lowest BCUT2D eigenvalue weighted by atomic mass is 10.1. The Morgan fingerprint density at radius 1 is 1.08 bits per heavy atom. The lowest BCUT2D eigenvalue weighted by Gasteiger charge is -2.12. The standard InChI is InChI=1S/C18H22N2O5/c1-2-3-10-20-17(24)13-8-7-12(11-14(13)18(20)25)16(23)19-9-5-4-6-15(21)22/h7-8,11H,2-6,9-10H2,1H3,(H,19,23)(H,21,22). The number of carboxylic acid groups (broad SMARTS) is 1. The molecule has 0 saturated heterocycles. The molecule has 1 aliphatic heterocycles. The third-order valence-electron chi connectivity index (χ3n) is 4.07. The molecule has 3 amide bonds. The highest BCUT2D eigenvalue weighted by molar-refractivity contribution is 6.22. The van der Waals surface area contributed by atoms with Gasteiger partial charge < -0.3 is 10.4 Å². The van der Waals surface area contributed by atoms with Crippen molar-refractivity contribution in [1.29, 1.82) is 0 Å². The van der Waals surface area contributed by atoms with Gasteiger partial charge >= 0.3 is 5.97 Å². The van der Waals surface area contributed by atoms with Gasteiger partial charge in [-0.05, 0) is 37.5 Å². The smallest absolute Gasteiger partial charge is 0.303 e. The topological polar surface area (TPSA) is 104 Å². The Hall–Kier alpha value is -2.70. The molecule has 1 aliphatic rings. The molecule has 7 nitrogen and oxygen atoms in total. The van der Waals surface area contributed by atoms with Gasteiger partial charge in [0.1, 0.15) is 0 Å². The summed E-state index contributed by atoms with van der Waals surface area (Å²) < 4.78 is 0. The van der Waals surface area contributed by atoms with Crippen LogP contribution in [0.2, 0.25) is 0 Å². The minimum Gasteiger partial charge on any atom is -0.481 e. The van der Waals surface area contributed by atoms with Gasteiger partial charge in [-0.15, -0.1) is 0 Å². The molecule has 0 fully saturated rings. The van der Waals surface area contributed by atoms with Crippen LogP contribution < -0.4 is 5.32 Å². The van der Waals surface area contributed by atoms with E-state index in [1.54, 1.807) is 0 Å². The molecule has 1 heterocycles. The molecule has 0 bridgehead atoms. The first-order valence-electron chi connectivity index (χ1n) is 8.46. The van der Waals surface area contributed by atoms with Crippen LogP contribution in [0.1, 0.15) is 70.1 Å². The number of benzene rings is 1. The molecule has 134 valence electrons. The van der Waals surface area contributed by atoms with Crippen LogP contribution >= 0.6 is 0 Å². The maximum Gasteiger partial charge on any atom is 0.303 e. The lowest BCUT2D eigenvalue weighted by molar-refractivity contribution is -0.137. The van der Waals surface area contributed by atoms with Crippen molar-refractivity contribution in [3.63, 3.8) is 0 Å². The fourth-order valence-electron chi connectivity index (χ4n) is 2.66. The molecule has 0 aromatic heterocycles. The van der Waals surface area contributed by atoms with Crippen LogP contribution in [0.15, 0.2) is 18.2 Å². The summed E-state index contributed by atoms with van der Waals surface area (Å²) in [5.74, 6) is -1.87. The van der Waals surface area contributed by atoms with Crippen LogP contribution in [0.25, 0.3) is 0 Å². The number of hydrogen-bond donors (Lipinski definition) is 2. The van der Waals surface area contributed by atoms with Crippen molar-refractivity contribution >= 4 is 23.7 Å². The summed E-state index contributed by atoms with van der Waals surface area (Å²) in [4.78, 5) is 48.4. The maximum atomic E-state index is 12.4. The number of aliphatic carboxylic acids is 1. The van der Waals surface area contributed by atoms with Gasteiger partial charge in [-0.3, -0.25) is 24.1 Å². The summed E-state index contributed by atoms with van der Waals surface area (Å²) in [5.41, 5.74) is 0.911. The summed E-state index contributed by atoms with van der Waals surface area (Å²) in [6.07, 6.45) is 2.74. The number of amides is 3. The van der Waals surface area contributed by atoms with Crippen LogP contribution in [0, 0.1) is 0 Å². The number of imide groups is 1. The number of carboxylic acids is 1. The molecule has 1 aromatic rings. The minimum atomic E-state index is -0.860. The lowest BCUT2D eigenvalue weighted by Crippen LogP contribution is -2.30. The molecule has 0 saturated carbocycles. The fourth-order valence-corrected chi connectivity index (χ4v) is 2.66. The largest absolute Gasteiger partial charge is 0.481 e. The Labute approximate surface area is 146 Å². The Bertz CT molecular complexity index is 699. The van der Waals surface area contributed by atoms with Crippen LogP contribution in [-0.4, -0.2) is 46.8 Å². The van der Waals surface area contributed by atoms with E-state index in [1.165, 1.54) is 23.1 Å². The van der Waals surface area contributed by atoms with E-state index < -0.39 is 5.97 Å². The molecule has 2 rings (SSSR count). The van der Waals surface area contributed by atoms with E-state index in [-0.39, 0.29) is 29.7 Å². The van der Waals surface area contributed by atoms with E-state index in [0.717, 1.165) is 12.8 Å². The van der Waals surface area contributed by atoms with E-state index >= 15 is 0 Å². The number of nitrogens with one attached hydrogen (secondary N) is 1. The highest BCUT2D eigenvalue weighted by atomic mass is 16.4. The first kappa shape index (κ1) is 18.6. The average molecular weight is 346 g/mol. The molecule has 7 heteroatoms. The zero-order valence-electron chi connectivity index (χ0n) is 14.2. The Morgan fingerprint density at radius 2 is 1.80 bits per heavy atom. The van der Waals surface area contributed by atoms with Crippen molar-refractivity contribution in [2.45, 2.75) is 39.0 Å². The maximum absolute atomic E-state index is 12.4. The average Bonchev–Trinajstić information content (AvgIpc) is 2.83. The van der Waals surface area contributed by atoms with Gasteiger partial charge in [0.15, 0.2) is 0 Å². The Morgan fingerprint density at radius 3 is 2.48 bits per heavy atom. The van der Waals surface area contributed by atoms with Crippen molar-refractivity contribution < 1.29 is 24.3 Å². The molecule has 0 aliphatic carbocycles. The Kier molecular flexibility index (Phi) is 6.27. The van der Waals surface area contributed by atoms with Crippen molar-refractivity contribution in [3.8, 4) is 0 Å². The molecule has 0 spiro atoms. The van der Waals surface area contributed by atoms with Crippen molar-refractivity contribution in [2.24, 2.45) is 0 Å². The van der Waals surface area contributed by atoms with Crippen molar-refractivity contribution in [1.82, 2.24) is 10.2 Å². The predicted molar refractivity (Wildman–Crippen MR) is 90.5 cm³/mol. The first-order chi connectivity index (χ1) is 12.0. The summed E-state index contributed by atoms with van der Waals surface area (Å²) >= 11 is 0. The normalized spacial score (nSPS) is 13.1. The second kappa shape index (κ2) is 8.41. The number of unbranched alkanes of at least 4 members (excludes halogenated alkanes) is 2. The molecule has 2 N–H and O–H groups in total. The van der Waals surface area contributed by atoms with Gasteiger partial charge in [-0.2, -0.15) is 0 Å². The second-order valence-corrected chi connectivity index (χ2v) is 5.98. The molecular weight excluding hydrogens is 324 g/mol. The molecule has 1 aromatic carbocycles. The van der Waals surface area contributed by atoms with Gasteiger partial charge in [0, 0.05) is 25.1 Å². The first-order valence-corrected chi connectivity index (χ1v) is 8.46. The number of fused-ring (bicyclic) bond motifs is 1. The summed E-state index contributed by atoms with van der Waals surface area (Å²) in [5, 5.41) is 11.3. The van der Waals surface area contributed by atoms with Crippen molar-refractivity contribution in [2.75, 3.05) is 13.1 Å². The zero-order valence-corrected chi connectivity index (χ0v) is 14.2. The van der Waals surface area contributed by atoms with Gasteiger partial charge in [0.2, 0.25) is 0 Å². The van der Waals surface area contributed by atoms with Crippen LogP contribution in [-0.2, 0) is 4.79 Å². The van der Waals surface area contributed by atoms with Gasteiger partial charge in [-0.25, -0.2) is 0 Å². The van der Waals surface area contributed by atoms with Crippen LogP contribution in [0.5, 0.6) is 0 Å². The molecular formula is C18H22N2O5. The highest BCUT2D eigenvalue weighted by Gasteiger charge is 2.35. The SMILES string of the molecule is CCCCN1C(=O)c2ccc(C(=O)NCCCCC(=O)O)cc2C1=O. The molecule has 0 radical (unpaired) electrons. The minimum absolute atomic E-state index is 0.0684. The molecule has 0 atom stereocenters. The van der Waals surface area contributed by atoms with E-state index in [1.807, 2.05) is 6.92 Å². The van der Waals surface area contributed by atoms with Gasteiger partial charge in [0.05, 0.1) is 11.1 Å². The van der Waals surface area contributed by atoms with Gasteiger partial charge in [0.25, 0.3) is 17.7 Å². The molecule has 0 unspecified atom stereocenters. The number of nitrogens with zero attached hydrogens (tertiary/aromatic N) is 1. The quantitative estimate of drug-likeness (QED) is 0.526. The fraction of sp³-hybridized carbons (Fsp3) is 0.444. The van der Waals surface area contributed by atoms with E-state index in [2.05, 4.69) is 5.32 Å². The number of carbonyl (C=O) groups is 4. The summed E-state index contributed by atoms with van der Waals surface area (Å²) in [7, 11) is 0.